The Morgan fingerprint density at radius 3 is 2.30 bits per heavy atom. The molecule has 0 spiro atoms. The molecule has 0 aliphatic rings. The molecule has 0 radical (unpaired) electrons. The van der Waals surface area contributed by atoms with E-state index in [2.05, 4.69) is 5.32 Å². The summed E-state index contributed by atoms with van der Waals surface area (Å²) in [6.07, 6.45) is 0. The lowest BCUT2D eigenvalue weighted by Crippen LogP contribution is -2.38. The summed E-state index contributed by atoms with van der Waals surface area (Å²) in [6, 6.07) is 21.9. The second-order valence-electron chi connectivity index (χ2n) is 7.09. The van der Waals surface area contributed by atoms with E-state index in [-0.39, 0.29) is 17.4 Å². The fraction of sp³-hybridized carbons (Fsp3) is 0.174. The van der Waals surface area contributed by atoms with Crippen LogP contribution in [-0.2, 0) is 14.8 Å². The minimum atomic E-state index is -3.97. The monoisotopic (exact) mass is 442 g/mol. The molecule has 0 aliphatic carbocycles. The lowest BCUT2D eigenvalue weighted by atomic mass is 10.0. The van der Waals surface area contributed by atoms with Crippen LogP contribution in [0.5, 0.6) is 0 Å². The third-order valence-electron chi connectivity index (χ3n) is 4.57. The molecule has 0 saturated heterocycles. The van der Waals surface area contributed by atoms with Crippen molar-refractivity contribution in [3.05, 3.63) is 89.4 Å². The van der Waals surface area contributed by atoms with Crippen LogP contribution in [0.2, 0.25) is 5.02 Å². The Hall–Kier alpha value is -2.83. The first kappa shape index (κ1) is 21.9. The summed E-state index contributed by atoms with van der Waals surface area (Å²) in [5.41, 5.74) is 1.96. The molecule has 3 rings (SSSR count). The molecule has 0 heterocycles. The van der Waals surface area contributed by atoms with Gasteiger partial charge in [-0.3, -0.25) is 9.10 Å². The van der Waals surface area contributed by atoms with Gasteiger partial charge in [-0.25, -0.2) is 8.42 Å². The highest BCUT2D eigenvalue weighted by atomic mass is 35.5. The summed E-state index contributed by atoms with van der Waals surface area (Å²) in [6.45, 7) is 3.68. The number of hydrogen-bond donors (Lipinski definition) is 1. The molecule has 0 bridgehead atoms. The van der Waals surface area contributed by atoms with Crippen molar-refractivity contribution in [1.82, 2.24) is 0 Å². The predicted octanol–water partition coefficient (Wildman–Crippen LogP) is 5.30. The van der Waals surface area contributed by atoms with Gasteiger partial charge >= 0.3 is 0 Å². The maximum absolute atomic E-state index is 13.3. The third-order valence-corrected chi connectivity index (χ3v) is 6.59. The van der Waals surface area contributed by atoms with Crippen LogP contribution in [0.1, 0.15) is 25.3 Å². The maximum atomic E-state index is 13.3. The number of nitrogens with one attached hydrogen (secondary N) is 1. The lowest BCUT2D eigenvalue weighted by molar-refractivity contribution is -0.114. The number of carbonyl (C=O) groups excluding carboxylic acids is 1. The van der Waals surface area contributed by atoms with Gasteiger partial charge < -0.3 is 5.32 Å². The Kier molecular flexibility index (Phi) is 6.80. The number of para-hydroxylation sites is 1. The van der Waals surface area contributed by atoms with E-state index in [1.54, 1.807) is 36.4 Å². The van der Waals surface area contributed by atoms with Crippen molar-refractivity contribution in [2.45, 2.75) is 24.7 Å². The van der Waals surface area contributed by atoms with E-state index in [0.717, 1.165) is 9.87 Å². The second-order valence-corrected chi connectivity index (χ2v) is 9.39. The summed E-state index contributed by atoms with van der Waals surface area (Å²) in [5.74, 6) is -0.235. The quantitative estimate of drug-likeness (QED) is 0.540. The zero-order chi connectivity index (χ0) is 21.7. The van der Waals surface area contributed by atoms with Gasteiger partial charge in [-0.1, -0.05) is 67.9 Å². The summed E-state index contributed by atoms with van der Waals surface area (Å²) in [4.78, 5) is 13.0. The Balaban J connectivity index is 1.95. The first-order chi connectivity index (χ1) is 14.3. The van der Waals surface area contributed by atoms with Crippen LogP contribution < -0.4 is 9.62 Å². The number of carbonyl (C=O) groups is 1. The van der Waals surface area contributed by atoms with E-state index in [9.17, 15) is 13.2 Å². The molecule has 3 aromatic rings. The molecule has 0 fully saturated rings. The molecule has 1 amide bonds. The average Bonchev–Trinajstić information content (AvgIpc) is 2.73. The van der Waals surface area contributed by atoms with Gasteiger partial charge in [-0.15, -0.1) is 0 Å². The topological polar surface area (TPSA) is 66.5 Å². The van der Waals surface area contributed by atoms with E-state index in [0.29, 0.717) is 16.4 Å². The molecule has 7 heteroatoms. The molecule has 0 unspecified atom stereocenters. The second kappa shape index (κ2) is 9.32. The molecule has 0 atom stereocenters. The fourth-order valence-electron chi connectivity index (χ4n) is 3.10. The van der Waals surface area contributed by atoms with Crippen molar-refractivity contribution in [3.8, 4) is 0 Å². The molecule has 3 aromatic carbocycles. The van der Waals surface area contributed by atoms with E-state index in [1.807, 2.05) is 38.1 Å². The van der Waals surface area contributed by atoms with Gasteiger partial charge in [0, 0.05) is 10.7 Å². The van der Waals surface area contributed by atoms with Gasteiger partial charge in [-0.05, 0) is 47.9 Å². The Bertz CT molecular complexity index is 1130. The summed E-state index contributed by atoms with van der Waals surface area (Å²) >= 11 is 6.08. The van der Waals surface area contributed by atoms with Crippen LogP contribution in [0, 0.1) is 0 Å². The fourth-order valence-corrected chi connectivity index (χ4v) is 4.72. The van der Waals surface area contributed by atoms with E-state index >= 15 is 0 Å². The first-order valence-electron chi connectivity index (χ1n) is 9.51. The molecule has 0 saturated carbocycles. The molecular weight excluding hydrogens is 420 g/mol. The Morgan fingerprint density at radius 2 is 1.63 bits per heavy atom. The van der Waals surface area contributed by atoms with Crippen molar-refractivity contribution in [2.24, 2.45) is 0 Å². The van der Waals surface area contributed by atoms with Gasteiger partial charge in [0.2, 0.25) is 5.91 Å². The molecule has 0 aromatic heterocycles. The number of anilines is 2. The summed E-state index contributed by atoms with van der Waals surface area (Å²) in [7, 11) is -3.97. The Morgan fingerprint density at radius 1 is 0.967 bits per heavy atom. The highest BCUT2D eigenvalue weighted by Crippen LogP contribution is 2.27. The van der Waals surface area contributed by atoms with Gasteiger partial charge in [0.05, 0.1) is 10.6 Å². The van der Waals surface area contributed by atoms with E-state index < -0.39 is 15.9 Å². The number of benzene rings is 3. The number of amides is 1. The average molecular weight is 443 g/mol. The number of nitrogens with zero attached hydrogens (tertiary/aromatic N) is 1. The normalized spacial score (nSPS) is 11.3. The van der Waals surface area contributed by atoms with Gasteiger partial charge in [0.1, 0.15) is 6.54 Å². The minimum absolute atomic E-state index is 0.0976. The zero-order valence-electron chi connectivity index (χ0n) is 16.7. The van der Waals surface area contributed by atoms with Crippen molar-refractivity contribution in [3.63, 3.8) is 0 Å². The lowest BCUT2D eigenvalue weighted by Gasteiger charge is -2.24. The standard InChI is InChI=1S/C23H23ClN2O3S/c1-17(2)21-13-6-7-14-22(21)25-23(27)16-26(19-10-8-9-18(24)15-19)30(28,29)20-11-4-3-5-12-20/h3-15,17H,16H2,1-2H3,(H,25,27). The highest BCUT2D eigenvalue weighted by Gasteiger charge is 2.27. The van der Waals surface area contributed by atoms with Crippen LogP contribution in [0.3, 0.4) is 0 Å². The van der Waals surface area contributed by atoms with Gasteiger partial charge in [0.25, 0.3) is 10.0 Å². The number of sulfonamides is 1. The molecule has 30 heavy (non-hydrogen) atoms. The molecule has 5 nitrogen and oxygen atoms in total. The summed E-state index contributed by atoms with van der Waals surface area (Å²) < 4.78 is 27.7. The van der Waals surface area contributed by atoms with E-state index in [1.165, 1.54) is 18.2 Å². The largest absolute Gasteiger partial charge is 0.324 e. The number of hydrogen-bond acceptors (Lipinski definition) is 3. The summed E-state index contributed by atoms with van der Waals surface area (Å²) in [5, 5.41) is 3.23. The van der Waals surface area contributed by atoms with Crippen molar-refractivity contribution < 1.29 is 13.2 Å². The van der Waals surface area contributed by atoms with Gasteiger partial charge in [0.15, 0.2) is 0 Å². The Labute approximate surface area is 182 Å². The van der Waals surface area contributed by atoms with Crippen LogP contribution in [-0.4, -0.2) is 20.9 Å². The highest BCUT2D eigenvalue weighted by molar-refractivity contribution is 7.92. The van der Waals surface area contributed by atoms with E-state index in [4.69, 9.17) is 11.6 Å². The minimum Gasteiger partial charge on any atom is -0.324 e. The smallest absolute Gasteiger partial charge is 0.264 e. The third kappa shape index (κ3) is 5.01. The first-order valence-corrected chi connectivity index (χ1v) is 11.3. The van der Waals surface area contributed by atoms with Crippen LogP contribution in [0.15, 0.2) is 83.8 Å². The number of rotatable bonds is 7. The maximum Gasteiger partial charge on any atom is 0.264 e. The van der Waals surface area contributed by atoms with Gasteiger partial charge in [-0.2, -0.15) is 0 Å². The molecular formula is C23H23ClN2O3S. The molecule has 1 N–H and O–H groups in total. The number of halogens is 1. The van der Waals surface area contributed by atoms with Crippen molar-refractivity contribution in [2.75, 3.05) is 16.2 Å². The molecule has 156 valence electrons. The van der Waals surface area contributed by atoms with Crippen LogP contribution in [0.4, 0.5) is 11.4 Å². The zero-order valence-corrected chi connectivity index (χ0v) is 18.3. The van der Waals surface area contributed by atoms with Crippen molar-refractivity contribution >= 4 is 38.9 Å². The predicted molar refractivity (Wildman–Crippen MR) is 122 cm³/mol. The van der Waals surface area contributed by atoms with Crippen LogP contribution >= 0.6 is 11.6 Å². The molecule has 0 aliphatic heterocycles. The van der Waals surface area contributed by atoms with Crippen molar-refractivity contribution in [1.29, 1.82) is 0 Å². The van der Waals surface area contributed by atoms with Crippen LogP contribution in [0.25, 0.3) is 0 Å². The SMILES string of the molecule is CC(C)c1ccccc1NC(=O)CN(c1cccc(Cl)c1)S(=O)(=O)c1ccccc1.